The lowest BCUT2D eigenvalue weighted by Crippen LogP contribution is -2.27. The van der Waals surface area contributed by atoms with Crippen LogP contribution < -0.4 is 10.6 Å². The van der Waals surface area contributed by atoms with E-state index in [2.05, 4.69) is 15.6 Å². The first-order valence-electron chi connectivity index (χ1n) is 5.70. The van der Waals surface area contributed by atoms with Crippen LogP contribution in [0.2, 0.25) is 0 Å². The van der Waals surface area contributed by atoms with Gasteiger partial charge in [-0.15, -0.1) is 0 Å². The Balaban J connectivity index is 2.09. The second-order valence-corrected chi connectivity index (χ2v) is 4.08. The van der Waals surface area contributed by atoms with E-state index in [-0.39, 0.29) is 5.91 Å². The van der Waals surface area contributed by atoms with E-state index in [9.17, 15) is 4.79 Å². The van der Waals surface area contributed by atoms with Crippen LogP contribution in [-0.4, -0.2) is 31.0 Å². The molecule has 0 radical (unpaired) electrons. The molecule has 4 heteroatoms. The van der Waals surface area contributed by atoms with Crippen molar-refractivity contribution in [2.24, 2.45) is 0 Å². The highest BCUT2D eigenvalue weighted by Gasteiger charge is 2.16. The lowest BCUT2D eigenvalue weighted by Gasteiger charge is -2.22. The van der Waals surface area contributed by atoms with Gasteiger partial charge in [-0.2, -0.15) is 0 Å². The number of pyridine rings is 1. The summed E-state index contributed by atoms with van der Waals surface area (Å²) in [5.74, 6) is 0.462. The predicted octanol–water partition coefficient (Wildman–Crippen LogP) is 0.908. The van der Waals surface area contributed by atoms with Crippen LogP contribution in [0.3, 0.4) is 0 Å². The molecule has 0 aromatic carbocycles. The number of aromatic nitrogens is 1. The number of hydrogen-bond acceptors (Lipinski definition) is 3. The summed E-state index contributed by atoms with van der Waals surface area (Å²) in [6.45, 7) is 2.12. The Morgan fingerprint density at radius 1 is 1.44 bits per heavy atom. The van der Waals surface area contributed by atoms with Gasteiger partial charge < -0.3 is 10.6 Å². The van der Waals surface area contributed by atoms with Gasteiger partial charge in [0.15, 0.2) is 0 Å². The van der Waals surface area contributed by atoms with Gasteiger partial charge in [-0.05, 0) is 38.1 Å². The van der Waals surface area contributed by atoms with Gasteiger partial charge in [0.2, 0.25) is 0 Å². The average molecular weight is 219 g/mol. The summed E-state index contributed by atoms with van der Waals surface area (Å²) >= 11 is 0. The molecule has 1 amide bonds. The van der Waals surface area contributed by atoms with Crippen LogP contribution in [0.25, 0.3) is 0 Å². The molecule has 1 aliphatic heterocycles. The Morgan fingerprint density at radius 2 is 2.19 bits per heavy atom. The molecule has 86 valence electrons. The Labute approximate surface area is 95.5 Å². The maximum absolute atomic E-state index is 11.3. The molecular formula is C12H17N3O. The molecule has 16 heavy (non-hydrogen) atoms. The van der Waals surface area contributed by atoms with Crippen molar-refractivity contribution in [3.05, 3.63) is 29.6 Å². The minimum Gasteiger partial charge on any atom is -0.355 e. The monoisotopic (exact) mass is 219 g/mol. The summed E-state index contributed by atoms with van der Waals surface area (Å²) < 4.78 is 0. The third kappa shape index (κ3) is 2.39. The van der Waals surface area contributed by atoms with Crippen molar-refractivity contribution in [1.29, 1.82) is 0 Å². The number of nitrogens with zero attached hydrogens (tertiary/aromatic N) is 1. The van der Waals surface area contributed by atoms with Crippen molar-refractivity contribution in [1.82, 2.24) is 15.6 Å². The lowest BCUT2D eigenvalue weighted by atomic mass is 9.94. The molecule has 1 aromatic rings. The minimum absolute atomic E-state index is 0.0793. The van der Waals surface area contributed by atoms with Gasteiger partial charge in [0.05, 0.1) is 5.56 Å². The minimum atomic E-state index is -0.0793. The summed E-state index contributed by atoms with van der Waals surface area (Å²) in [6.07, 6.45) is 3.93. The summed E-state index contributed by atoms with van der Waals surface area (Å²) in [5, 5.41) is 5.92. The first-order chi connectivity index (χ1) is 7.81. The SMILES string of the molecule is CNC(=O)c1ccc(C2CCNCC2)nc1. The molecule has 0 unspecified atom stereocenters. The van der Waals surface area contributed by atoms with E-state index in [1.54, 1.807) is 13.2 Å². The fraction of sp³-hybridized carbons (Fsp3) is 0.500. The van der Waals surface area contributed by atoms with Crippen molar-refractivity contribution in [2.45, 2.75) is 18.8 Å². The number of nitrogens with one attached hydrogen (secondary N) is 2. The third-order valence-electron chi connectivity index (χ3n) is 3.03. The van der Waals surface area contributed by atoms with Gasteiger partial charge in [-0.3, -0.25) is 9.78 Å². The largest absolute Gasteiger partial charge is 0.355 e. The Hall–Kier alpha value is -1.42. The number of amides is 1. The first-order valence-corrected chi connectivity index (χ1v) is 5.70. The number of hydrogen-bond donors (Lipinski definition) is 2. The topological polar surface area (TPSA) is 54.0 Å². The van der Waals surface area contributed by atoms with Crippen LogP contribution in [0.5, 0.6) is 0 Å². The fourth-order valence-corrected chi connectivity index (χ4v) is 2.04. The van der Waals surface area contributed by atoms with E-state index in [1.807, 2.05) is 12.1 Å². The van der Waals surface area contributed by atoms with Crippen molar-refractivity contribution in [3.63, 3.8) is 0 Å². The Morgan fingerprint density at radius 3 is 2.75 bits per heavy atom. The van der Waals surface area contributed by atoms with Crippen LogP contribution in [0.15, 0.2) is 18.3 Å². The highest BCUT2D eigenvalue weighted by molar-refractivity contribution is 5.93. The molecule has 0 saturated carbocycles. The number of piperidine rings is 1. The standard InChI is InChI=1S/C12H17N3O/c1-13-12(16)10-2-3-11(15-8-10)9-4-6-14-7-5-9/h2-3,8-9,14H,4-7H2,1H3,(H,13,16). The second-order valence-electron chi connectivity index (χ2n) is 4.08. The third-order valence-corrected chi connectivity index (χ3v) is 3.03. The van der Waals surface area contributed by atoms with Crippen LogP contribution in [0.4, 0.5) is 0 Å². The number of carbonyl (C=O) groups is 1. The first kappa shape index (κ1) is 11.1. The van der Waals surface area contributed by atoms with Crippen LogP contribution in [-0.2, 0) is 0 Å². The zero-order valence-electron chi connectivity index (χ0n) is 9.49. The fourth-order valence-electron chi connectivity index (χ4n) is 2.04. The van der Waals surface area contributed by atoms with E-state index >= 15 is 0 Å². The molecule has 0 aliphatic carbocycles. The molecule has 0 atom stereocenters. The molecule has 1 aliphatic rings. The van der Waals surface area contributed by atoms with Gasteiger partial charge in [0.25, 0.3) is 5.91 Å². The van der Waals surface area contributed by atoms with Gasteiger partial charge in [0, 0.05) is 24.9 Å². The van der Waals surface area contributed by atoms with Crippen molar-refractivity contribution < 1.29 is 4.79 Å². The van der Waals surface area contributed by atoms with Crippen LogP contribution in [0, 0.1) is 0 Å². The molecule has 1 fully saturated rings. The molecule has 1 aromatic heterocycles. The van der Waals surface area contributed by atoms with Crippen molar-refractivity contribution in [3.8, 4) is 0 Å². The normalized spacial score (nSPS) is 17.1. The Kier molecular flexibility index (Phi) is 3.51. The number of rotatable bonds is 2. The molecule has 2 N–H and O–H groups in total. The van der Waals surface area contributed by atoms with Crippen LogP contribution >= 0.6 is 0 Å². The molecule has 2 rings (SSSR count). The summed E-state index contributed by atoms with van der Waals surface area (Å²) in [5.41, 5.74) is 1.73. The summed E-state index contributed by atoms with van der Waals surface area (Å²) in [7, 11) is 1.63. The predicted molar refractivity (Wildman–Crippen MR) is 62.5 cm³/mol. The van der Waals surface area contributed by atoms with E-state index in [4.69, 9.17) is 0 Å². The van der Waals surface area contributed by atoms with Crippen molar-refractivity contribution in [2.75, 3.05) is 20.1 Å². The summed E-state index contributed by atoms with van der Waals surface area (Å²) in [4.78, 5) is 15.7. The maximum atomic E-state index is 11.3. The van der Waals surface area contributed by atoms with Gasteiger partial charge in [-0.25, -0.2) is 0 Å². The Bertz CT molecular complexity index is 355. The quantitative estimate of drug-likeness (QED) is 0.777. The number of carbonyl (C=O) groups excluding carboxylic acids is 1. The summed E-state index contributed by atoms with van der Waals surface area (Å²) in [6, 6.07) is 3.82. The molecule has 1 saturated heterocycles. The van der Waals surface area contributed by atoms with Crippen molar-refractivity contribution >= 4 is 5.91 Å². The van der Waals surface area contributed by atoms with Crippen LogP contribution in [0.1, 0.15) is 34.8 Å². The van der Waals surface area contributed by atoms with Gasteiger partial charge in [0.1, 0.15) is 0 Å². The molecule has 4 nitrogen and oxygen atoms in total. The smallest absolute Gasteiger partial charge is 0.252 e. The van der Waals surface area contributed by atoms with Gasteiger partial charge >= 0.3 is 0 Å². The molecule has 0 bridgehead atoms. The van der Waals surface area contributed by atoms with E-state index < -0.39 is 0 Å². The zero-order valence-corrected chi connectivity index (χ0v) is 9.49. The molecule has 0 spiro atoms. The average Bonchev–Trinajstić information content (AvgIpc) is 2.39. The highest BCUT2D eigenvalue weighted by Crippen LogP contribution is 2.23. The van der Waals surface area contributed by atoms with E-state index in [1.165, 1.54) is 0 Å². The van der Waals surface area contributed by atoms with Gasteiger partial charge in [-0.1, -0.05) is 0 Å². The zero-order chi connectivity index (χ0) is 11.4. The van der Waals surface area contributed by atoms with E-state index in [0.29, 0.717) is 11.5 Å². The lowest BCUT2D eigenvalue weighted by molar-refractivity contribution is 0.0962. The second kappa shape index (κ2) is 5.07. The highest BCUT2D eigenvalue weighted by atomic mass is 16.1. The molecule has 2 heterocycles. The van der Waals surface area contributed by atoms with E-state index in [0.717, 1.165) is 31.6 Å². The maximum Gasteiger partial charge on any atom is 0.252 e. The molecular weight excluding hydrogens is 202 g/mol.